The molecule has 0 fully saturated rings. The Morgan fingerprint density at radius 3 is 2.31 bits per heavy atom. The molecule has 0 unspecified atom stereocenters. The number of Topliss-reactive ketones (excluding diaryl/α,β-unsaturated/α-hetero) is 2. The van der Waals surface area contributed by atoms with Crippen LogP contribution in [-0.4, -0.2) is 29.4 Å². The number of hydrogen-bond acceptors (Lipinski definition) is 6. The summed E-state index contributed by atoms with van der Waals surface area (Å²) in [4.78, 5) is 64.0. The summed E-state index contributed by atoms with van der Waals surface area (Å²) in [6.45, 7) is 0. The quantitative estimate of drug-likeness (QED) is 0.213. The molecule has 0 bridgehead atoms. The van der Waals surface area contributed by atoms with Crippen LogP contribution in [0.3, 0.4) is 0 Å². The van der Waals surface area contributed by atoms with Crippen LogP contribution in [0.25, 0.3) is 0 Å². The number of rotatable bonds is 7. The number of amides is 2. The number of halogens is 2. The summed E-state index contributed by atoms with van der Waals surface area (Å²) in [5, 5.41) is 2.58. The number of benzene rings is 3. The summed E-state index contributed by atoms with van der Waals surface area (Å²) in [7, 11) is 0. The first-order chi connectivity index (χ1) is 16.7. The van der Waals surface area contributed by atoms with Gasteiger partial charge in [-0.1, -0.05) is 53.5 Å². The van der Waals surface area contributed by atoms with Gasteiger partial charge in [0.25, 0.3) is 11.8 Å². The Morgan fingerprint density at radius 2 is 1.60 bits per heavy atom. The third-order valence-electron chi connectivity index (χ3n) is 5.46. The molecule has 0 aliphatic carbocycles. The van der Waals surface area contributed by atoms with E-state index in [1.807, 2.05) is 0 Å². The van der Waals surface area contributed by atoms with Crippen molar-refractivity contribution < 1.29 is 28.7 Å². The number of primary amides is 1. The van der Waals surface area contributed by atoms with Gasteiger partial charge in [-0.15, -0.1) is 0 Å². The zero-order chi connectivity index (χ0) is 25.3. The van der Waals surface area contributed by atoms with Gasteiger partial charge in [0, 0.05) is 11.1 Å². The van der Waals surface area contributed by atoms with E-state index in [0.717, 1.165) is 0 Å². The normalized spacial score (nSPS) is 15.0. The van der Waals surface area contributed by atoms with Crippen molar-refractivity contribution in [3.05, 3.63) is 99.0 Å². The molecular formula is C25H16Cl2N2O6. The van der Waals surface area contributed by atoms with Crippen LogP contribution in [0, 0.1) is 5.92 Å². The molecule has 4 rings (SSSR count). The van der Waals surface area contributed by atoms with E-state index in [0.29, 0.717) is 0 Å². The third kappa shape index (κ3) is 4.66. The van der Waals surface area contributed by atoms with E-state index in [2.05, 4.69) is 5.32 Å². The second kappa shape index (κ2) is 9.69. The van der Waals surface area contributed by atoms with Crippen molar-refractivity contribution in [2.45, 2.75) is 6.10 Å². The van der Waals surface area contributed by atoms with Gasteiger partial charge in [-0.3, -0.25) is 19.2 Å². The average Bonchev–Trinajstić information content (AvgIpc) is 3.17. The fourth-order valence-electron chi connectivity index (χ4n) is 3.78. The van der Waals surface area contributed by atoms with Crippen LogP contribution in [0.2, 0.25) is 10.0 Å². The van der Waals surface area contributed by atoms with Crippen LogP contribution in [0.4, 0.5) is 5.69 Å². The summed E-state index contributed by atoms with van der Waals surface area (Å²) in [5.41, 5.74) is 5.75. The van der Waals surface area contributed by atoms with Crippen LogP contribution >= 0.6 is 23.2 Å². The number of carbonyl (C=O) groups is 5. The highest BCUT2D eigenvalue weighted by atomic mass is 35.5. The van der Waals surface area contributed by atoms with Gasteiger partial charge in [-0.25, -0.2) is 4.79 Å². The molecular weight excluding hydrogens is 495 g/mol. The Bertz CT molecular complexity index is 1400. The first-order valence-electron chi connectivity index (χ1n) is 10.2. The standard InChI is InChI=1S/C25H16Cl2N2O6/c26-16-10-9-12(11-17(16)27)20(30)19(22-13-5-1-2-6-14(13)25(34)35-22)21(31)24(33)29-18-8-4-3-7-15(18)23(28)32/h1-11,19,22H,(H2,28,32)(H,29,33)/t19-,22+/m0/s1. The predicted octanol–water partition coefficient (Wildman–Crippen LogP) is 4.01. The van der Waals surface area contributed by atoms with Crippen molar-refractivity contribution in [2.24, 2.45) is 11.7 Å². The van der Waals surface area contributed by atoms with E-state index in [9.17, 15) is 24.0 Å². The van der Waals surface area contributed by atoms with Crippen LogP contribution in [0.1, 0.15) is 42.7 Å². The van der Waals surface area contributed by atoms with Crippen molar-refractivity contribution in [3.8, 4) is 0 Å². The van der Waals surface area contributed by atoms with E-state index in [-0.39, 0.29) is 38.0 Å². The molecule has 3 aromatic rings. The first kappa shape index (κ1) is 24.1. The zero-order valence-electron chi connectivity index (χ0n) is 17.8. The predicted molar refractivity (Wildman–Crippen MR) is 127 cm³/mol. The largest absolute Gasteiger partial charge is 0.453 e. The van der Waals surface area contributed by atoms with Gasteiger partial charge < -0.3 is 15.8 Å². The Balaban J connectivity index is 1.74. The molecule has 0 aromatic heterocycles. The number of ether oxygens (including phenoxy) is 1. The molecule has 2 amide bonds. The van der Waals surface area contributed by atoms with E-state index in [4.69, 9.17) is 33.7 Å². The van der Waals surface area contributed by atoms with Gasteiger partial charge in [-0.2, -0.15) is 0 Å². The van der Waals surface area contributed by atoms with Crippen molar-refractivity contribution in [2.75, 3.05) is 5.32 Å². The molecule has 0 radical (unpaired) electrons. The molecule has 1 aliphatic heterocycles. The molecule has 176 valence electrons. The summed E-state index contributed by atoms with van der Waals surface area (Å²) >= 11 is 12.0. The SMILES string of the molecule is NC(=O)c1ccccc1NC(=O)C(=O)[C@H](C(=O)c1ccc(Cl)c(Cl)c1)[C@@H]1OC(=O)c2ccccc21. The number of esters is 1. The Labute approximate surface area is 209 Å². The molecule has 1 heterocycles. The third-order valence-corrected chi connectivity index (χ3v) is 6.20. The first-order valence-corrected chi connectivity index (χ1v) is 11.0. The summed E-state index contributed by atoms with van der Waals surface area (Å²) in [5.74, 6) is -6.48. The molecule has 2 atom stereocenters. The lowest BCUT2D eigenvalue weighted by molar-refractivity contribution is -0.138. The van der Waals surface area contributed by atoms with Crippen molar-refractivity contribution in [1.82, 2.24) is 0 Å². The van der Waals surface area contributed by atoms with Gasteiger partial charge in [0.05, 0.1) is 26.9 Å². The lowest BCUT2D eigenvalue weighted by atomic mass is 9.84. The monoisotopic (exact) mass is 510 g/mol. The number of anilines is 1. The molecule has 0 saturated heterocycles. The number of carbonyl (C=O) groups excluding carboxylic acids is 5. The molecule has 0 saturated carbocycles. The Hall–Kier alpha value is -4.01. The van der Waals surface area contributed by atoms with Crippen LogP contribution in [-0.2, 0) is 14.3 Å². The lowest BCUT2D eigenvalue weighted by Crippen LogP contribution is -2.38. The number of nitrogens with two attached hydrogens (primary N) is 1. The molecule has 3 N–H and O–H groups in total. The van der Waals surface area contributed by atoms with E-state index >= 15 is 0 Å². The fraction of sp³-hybridized carbons (Fsp3) is 0.0800. The summed E-state index contributed by atoms with van der Waals surface area (Å²) < 4.78 is 5.38. The second-order valence-corrected chi connectivity index (χ2v) is 8.43. The average molecular weight is 511 g/mol. The summed E-state index contributed by atoms with van der Waals surface area (Å²) in [6.07, 6.45) is -1.36. The highest BCUT2D eigenvalue weighted by molar-refractivity contribution is 6.46. The minimum Gasteiger partial charge on any atom is -0.453 e. The number of hydrogen-bond donors (Lipinski definition) is 2. The highest BCUT2D eigenvalue weighted by Gasteiger charge is 2.46. The maximum absolute atomic E-state index is 13.5. The summed E-state index contributed by atoms with van der Waals surface area (Å²) in [6, 6.07) is 16.0. The van der Waals surface area contributed by atoms with Crippen LogP contribution in [0.5, 0.6) is 0 Å². The number of nitrogens with one attached hydrogen (secondary N) is 1. The lowest BCUT2D eigenvalue weighted by Gasteiger charge is -2.21. The molecule has 0 spiro atoms. The van der Waals surface area contributed by atoms with Gasteiger partial charge in [0.2, 0.25) is 5.78 Å². The van der Waals surface area contributed by atoms with Gasteiger partial charge in [0.1, 0.15) is 12.0 Å². The molecule has 35 heavy (non-hydrogen) atoms. The fourth-order valence-corrected chi connectivity index (χ4v) is 4.07. The maximum Gasteiger partial charge on any atom is 0.339 e. The Morgan fingerprint density at radius 1 is 0.914 bits per heavy atom. The Kier molecular flexibility index (Phi) is 6.68. The number of ketones is 2. The van der Waals surface area contributed by atoms with Gasteiger partial charge in [0.15, 0.2) is 5.78 Å². The van der Waals surface area contributed by atoms with E-state index in [1.54, 1.807) is 12.1 Å². The second-order valence-electron chi connectivity index (χ2n) is 7.61. The van der Waals surface area contributed by atoms with E-state index < -0.39 is 41.4 Å². The van der Waals surface area contributed by atoms with Crippen molar-refractivity contribution in [3.63, 3.8) is 0 Å². The topological polar surface area (TPSA) is 133 Å². The molecule has 3 aromatic carbocycles. The maximum atomic E-state index is 13.5. The number of para-hydroxylation sites is 1. The van der Waals surface area contributed by atoms with Crippen LogP contribution < -0.4 is 11.1 Å². The van der Waals surface area contributed by atoms with Crippen LogP contribution in [0.15, 0.2) is 66.7 Å². The minimum absolute atomic E-state index is 0.0106. The van der Waals surface area contributed by atoms with Gasteiger partial charge in [-0.05, 0) is 36.4 Å². The van der Waals surface area contributed by atoms with Gasteiger partial charge >= 0.3 is 5.97 Å². The highest BCUT2D eigenvalue weighted by Crippen LogP contribution is 2.38. The molecule has 1 aliphatic rings. The zero-order valence-corrected chi connectivity index (χ0v) is 19.3. The number of cyclic esters (lactones) is 1. The number of fused-ring (bicyclic) bond motifs is 1. The minimum atomic E-state index is -1.74. The smallest absolute Gasteiger partial charge is 0.339 e. The molecule has 10 heteroatoms. The van der Waals surface area contributed by atoms with Crippen molar-refractivity contribution in [1.29, 1.82) is 0 Å². The van der Waals surface area contributed by atoms with E-state index in [1.165, 1.54) is 54.6 Å². The molecule has 8 nitrogen and oxygen atoms in total. The van der Waals surface area contributed by atoms with Crippen molar-refractivity contribution >= 4 is 58.2 Å².